The van der Waals surface area contributed by atoms with Crippen LogP contribution in [0.2, 0.25) is 0 Å². The smallest absolute Gasteiger partial charge is 0.229 e. The van der Waals surface area contributed by atoms with Crippen molar-refractivity contribution in [2.75, 3.05) is 33.3 Å². The van der Waals surface area contributed by atoms with Crippen LogP contribution in [0.1, 0.15) is 13.8 Å². The van der Waals surface area contributed by atoms with Gasteiger partial charge >= 0.3 is 0 Å². The fourth-order valence-corrected chi connectivity index (χ4v) is 1.58. The third-order valence-electron chi connectivity index (χ3n) is 2.40. The van der Waals surface area contributed by atoms with Gasteiger partial charge in [0.15, 0.2) is 0 Å². The van der Waals surface area contributed by atoms with E-state index in [1.54, 1.807) is 5.06 Å². The van der Waals surface area contributed by atoms with Gasteiger partial charge in [0.1, 0.15) is 0 Å². The maximum absolute atomic E-state index is 11.8. The summed E-state index contributed by atoms with van der Waals surface area (Å²) >= 11 is 0. The van der Waals surface area contributed by atoms with Crippen LogP contribution in [0.4, 0.5) is 0 Å². The monoisotopic (exact) mass is 186 g/mol. The lowest BCUT2D eigenvalue weighted by Gasteiger charge is -2.21. The van der Waals surface area contributed by atoms with Crippen molar-refractivity contribution >= 4 is 5.91 Å². The molecular formula is C9H18N2O2. The van der Waals surface area contributed by atoms with E-state index in [-0.39, 0.29) is 11.8 Å². The first-order chi connectivity index (χ1) is 6.19. The van der Waals surface area contributed by atoms with Crippen molar-refractivity contribution in [3.8, 4) is 0 Å². The molecule has 1 aliphatic heterocycles. The van der Waals surface area contributed by atoms with Crippen LogP contribution in [-0.2, 0) is 9.63 Å². The fraction of sp³-hybridized carbons (Fsp3) is 0.889. The number of amides is 1. The maximum atomic E-state index is 11.8. The number of hydroxylamine groups is 2. The van der Waals surface area contributed by atoms with Gasteiger partial charge in [0.2, 0.25) is 5.91 Å². The quantitative estimate of drug-likeness (QED) is 0.637. The average molecular weight is 186 g/mol. The summed E-state index contributed by atoms with van der Waals surface area (Å²) in [6, 6.07) is 0. The molecule has 1 amide bonds. The molecule has 13 heavy (non-hydrogen) atoms. The molecule has 0 aromatic carbocycles. The predicted molar refractivity (Wildman–Crippen MR) is 50.0 cm³/mol. The molecule has 0 spiro atoms. The van der Waals surface area contributed by atoms with E-state index in [2.05, 4.69) is 0 Å². The molecule has 1 fully saturated rings. The topological polar surface area (TPSA) is 32.8 Å². The van der Waals surface area contributed by atoms with Gasteiger partial charge < -0.3 is 4.90 Å². The van der Waals surface area contributed by atoms with Crippen LogP contribution in [0.5, 0.6) is 0 Å². The lowest BCUT2D eigenvalue weighted by atomic mass is 10.1. The molecule has 0 aliphatic carbocycles. The van der Waals surface area contributed by atoms with Gasteiger partial charge in [0.05, 0.1) is 12.5 Å². The molecule has 0 aromatic heterocycles. The molecule has 1 unspecified atom stereocenters. The average Bonchev–Trinajstić information content (AvgIpc) is 2.54. The van der Waals surface area contributed by atoms with E-state index in [0.29, 0.717) is 6.61 Å². The molecule has 1 atom stereocenters. The number of hydrogen-bond donors (Lipinski definition) is 0. The first kappa shape index (κ1) is 10.5. The highest BCUT2D eigenvalue weighted by atomic mass is 16.7. The maximum Gasteiger partial charge on any atom is 0.229 e. The van der Waals surface area contributed by atoms with Gasteiger partial charge in [-0.25, -0.2) is 0 Å². The minimum absolute atomic E-state index is 0.0323. The Morgan fingerprint density at radius 1 is 1.54 bits per heavy atom. The Kier molecular flexibility index (Phi) is 3.69. The van der Waals surface area contributed by atoms with E-state index < -0.39 is 0 Å². The molecule has 4 heteroatoms. The van der Waals surface area contributed by atoms with E-state index >= 15 is 0 Å². The van der Waals surface area contributed by atoms with Crippen LogP contribution in [-0.4, -0.2) is 49.2 Å². The van der Waals surface area contributed by atoms with Gasteiger partial charge in [-0.3, -0.25) is 9.63 Å². The van der Waals surface area contributed by atoms with Crippen LogP contribution in [0.25, 0.3) is 0 Å². The summed E-state index contributed by atoms with van der Waals surface area (Å²) in [5, 5.41) is 1.73. The van der Waals surface area contributed by atoms with Gasteiger partial charge in [-0.15, -0.1) is 0 Å². The van der Waals surface area contributed by atoms with Crippen molar-refractivity contribution in [2.24, 2.45) is 5.92 Å². The van der Waals surface area contributed by atoms with Gasteiger partial charge in [-0.2, -0.15) is 5.06 Å². The second-order valence-electron chi connectivity index (χ2n) is 3.31. The van der Waals surface area contributed by atoms with Crippen molar-refractivity contribution in [1.82, 2.24) is 9.96 Å². The predicted octanol–water partition coefficient (Wildman–Crippen LogP) is 0.348. The van der Waals surface area contributed by atoms with Crippen LogP contribution in [0.15, 0.2) is 0 Å². The van der Waals surface area contributed by atoms with E-state index in [9.17, 15) is 4.79 Å². The summed E-state index contributed by atoms with van der Waals surface area (Å²) in [6.07, 6.45) is 0. The van der Waals surface area contributed by atoms with Gasteiger partial charge in [0, 0.05) is 26.7 Å². The van der Waals surface area contributed by atoms with Crippen molar-refractivity contribution in [2.45, 2.75) is 13.8 Å². The Bertz CT molecular complexity index is 180. The zero-order chi connectivity index (χ0) is 9.84. The highest BCUT2D eigenvalue weighted by Gasteiger charge is 2.29. The molecular weight excluding hydrogens is 168 g/mol. The second kappa shape index (κ2) is 4.58. The third-order valence-corrected chi connectivity index (χ3v) is 2.40. The standard InChI is InChI=1S/C9H18N2O2/c1-4-11(5-2)9(12)8-6-10(3)13-7-8/h8H,4-7H2,1-3H3. The number of nitrogens with zero attached hydrogens (tertiary/aromatic N) is 2. The zero-order valence-electron chi connectivity index (χ0n) is 8.62. The number of carbonyl (C=O) groups excluding carboxylic acids is 1. The first-order valence-electron chi connectivity index (χ1n) is 4.81. The van der Waals surface area contributed by atoms with Crippen molar-refractivity contribution in [3.63, 3.8) is 0 Å². The summed E-state index contributed by atoms with van der Waals surface area (Å²) in [4.78, 5) is 18.8. The van der Waals surface area contributed by atoms with Crippen LogP contribution in [0, 0.1) is 5.92 Å². The van der Waals surface area contributed by atoms with E-state index in [0.717, 1.165) is 19.6 Å². The number of hydrogen-bond acceptors (Lipinski definition) is 3. The summed E-state index contributed by atoms with van der Waals surface area (Å²) < 4.78 is 0. The Hall–Kier alpha value is -0.610. The third kappa shape index (κ3) is 2.42. The molecule has 0 N–H and O–H groups in total. The van der Waals surface area contributed by atoms with Crippen LogP contribution in [0.3, 0.4) is 0 Å². The van der Waals surface area contributed by atoms with Crippen molar-refractivity contribution in [1.29, 1.82) is 0 Å². The zero-order valence-corrected chi connectivity index (χ0v) is 8.62. The highest BCUT2D eigenvalue weighted by molar-refractivity contribution is 5.79. The minimum Gasteiger partial charge on any atom is -0.343 e. The molecule has 4 nitrogen and oxygen atoms in total. The lowest BCUT2D eigenvalue weighted by molar-refractivity contribution is -0.134. The molecule has 1 rings (SSSR count). The summed E-state index contributed by atoms with van der Waals surface area (Å²) in [5.74, 6) is 0.249. The summed E-state index contributed by atoms with van der Waals surface area (Å²) in [7, 11) is 1.86. The van der Waals surface area contributed by atoms with Crippen molar-refractivity contribution < 1.29 is 9.63 Å². The largest absolute Gasteiger partial charge is 0.343 e. The summed E-state index contributed by atoms with van der Waals surface area (Å²) in [5.41, 5.74) is 0. The number of carbonyl (C=O) groups is 1. The second-order valence-corrected chi connectivity index (χ2v) is 3.31. The van der Waals surface area contributed by atoms with Crippen LogP contribution >= 0.6 is 0 Å². The van der Waals surface area contributed by atoms with E-state index in [1.807, 2.05) is 25.8 Å². The van der Waals surface area contributed by atoms with Gasteiger partial charge in [-0.05, 0) is 13.8 Å². The van der Waals surface area contributed by atoms with Crippen molar-refractivity contribution in [3.05, 3.63) is 0 Å². The molecule has 76 valence electrons. The molecule has 0 radical (unpaired) electrons. The van der Waals surface area contributed by atoms with E-state index in [4.69, 9.17) is 4.84 Å². The molecule has 1 saturated heterocycles. The van der Waals surface area contributed by atoms with Gasteiger partial charge in [0.25, 0.3) is 0 Å². The molecule has 0 bridgehead atoms. The normalized spacial score (nSPS) is 23.5. The Balaban J connectivity index is 2.47. The summed E-state index contributed by atoms with van der Waals surface area (Å²) in [6.45, 7) is 6.83. The van der Waals surface area contributed by atoms with Gasteiger partial charge in [-0.1, -0.05) is 0 Å². The Morgan fingerprint density at radius 2 is 2.15 bits per heavy atom. The Labute approximate surface area is 79.4 Å². The molecule has 0 aromatic rings. The molecule has 1 aliphatic rings. The SMILES string of the molecule is CCN(CC)C(=O)C1CON(C)C1. The minimum atomic E-state index is 0.0323. The fourth-order valence-electron chi connectivity index (χ4n) is 1.58. The Morgan fingerprint density at radius 3 is 2.54 bits per heavy atom. The highest BCUT2D eigenvalue weighted by Crippen LogP contribution is 2.13. The van der Waals surface area contributed by atoms with E-state index in [1.165, 1.54) is 0 Å². The first-order valence-corrected chi connectivity index (χ1v) is 4.81. The molecule has 0 saturated carbocycles. The molecule has 1 heterocycles. The lowest BCUT2D eigenvalue weighted by Crippen LogP contribution is -2.37. The number of rotatable bonds is 3. The van der Waals surface area contributed by atoms with Crippen LogP contribution < -0.4 is 0 Å².